The molecule has 44 heavy (non-hydrogen) atoms. The number of anilines is 2. The molecule has 8 N–H and O–H groups in total. The van der Waals surface area contributed by atoms with Crippen LogP contribution in [-0.4, -0.2) is 145 Å². The number of urea groups is 4. The molecule has 1 fully saturated rings. The van der Waals surface area contributed by atoms with Gasteiger partial charge in [0.05, 0.1) is 0 Å². The molecule has 16 nitrogen and oxygen atoms in total. The van der Waals surface area contributed by atoms with Crippen molar-refractivity contribution in [1.29, 1.82) is 0 Å². The molecule has 1 saturated heterocycles. The summed E-state index contributed by atoms with van der Waals surface area (Å²) in [6.45, 7) is 0.778. The van der Waals surface area contributed by atoms with Gasteiger partial charge in [-0.25, -0.2) is 19.2 Å². The highest BCUT2D eigenvalue weighted by molar-refractivity contribution is 6.59. The van der Waals surface area contributed by atoms with E-state index < -0.39 is 38.4 Å². The quantitative estimate of drug-likeness (QED) is 0.176. The molecule has 0 unspecified atom stereocenters. The van der Waals surface area contributed by atoms with Crippen LogP contribution in [0.2, 0.25) is 0 Å². The summed E-state index contributed by atoms with van der Waals surface area (Å²) in [4.78, 5) is 57.9. The molecule has 0 bridgehead atoms. The molecule has 2 aromatic carbocycles. The molecular formula is C26H38B2N8O8. The molecule has 2 aromatic rings. The Kier molecular flexibility index (Phi) is 12.6. The molecule has 0 aliphatic carbocycles. The first-order chi connectivity index (χ1) is 21.0. The van der Waals surface area contributed by atoms with Crippen LogP contribution in [0.1, 0.15) is 0 Å². The van der Waals surface area contributed by atoms with Crippen LogP contribution in [0.25, 0.3) is 0 Å². The second-order valence-electron chi connectivity index (χ2n) is 9.92. The largest absolute Gasteiger partial charge is 0.488 e. The Labute approximate surface area is 255 Å². The van der Waals surface area contributed by atoms with Gasteiger partial charge in [-0.05, 0) is 35.2 Å². The first kappa shape index (κ1) is 34.0. The third kappa shape index (κ3) is 9.77. The van der Waals surface area contributed by atoms with Crippen molar-refractivity contribution in [2.24, 2.45) is 0 Å². The number of amides is 8. The molecule has 1 aliphatic rings. The molecule has 236 valence electrons. The molecule has 0 aromatic heterocycles. The molecule has 0 spiro atoms. The maximum Gasteiger partial charge on any atom is 0.488 e. The lowest BCUT2D eigenvalue weighted by Gasteiger charge is -2.34. The molecule has 0 radical (unpaired) electrons. The van der Waals surface area contributed by atoms with Gasteiger partial charge in [0.25, 0.3) is 0 Å². The zero-order valence-corrected chi connectivity index (χ0v) is 24.6. The lowest BCUT2D eigenvalue weighted by atomic mass is 9.80. The van der Waals surface area contributed by atoms with Crippen molar-refractivity contribution in [1.82, 2.24) is 30.2 Å². The fraction of sp³-hybridized carbons (Fsp3) is 0.385. The van der Waals surface area contributed by atoms with Crippen LogP contribution in [0, 0.1) is 0 Å². The summed E-state index contributed by atoms with van der Waals surface area (Å²) in [7, 11) is -0.480. The Bertz CT molecular complexity index is 1190. The van der Waals surface area contributed by atoms with Crippen LogP contribution in [0.15, 0.2) is 48.5 Å². The van der Waals surface area contributed by atoms with Crippen molar-refractivity contribution in [3.63, 3.8) is 0 Å². The number of nitrogens with one attached hydrogen (secondary N) is 4. The number of hydrogen-bond acceptors (Lipinski definition) is 8. The van der Waals surface area contributed by atoms with Crippen molar-refractivity contribution in [3.8, 4) is 0 Å². The average Bonchev–Trinajstić information content (AvgIpc) is 3.00. The first-order valence-electron chi connectivity index (χ1n) is 14.0. The van der Waals surface area contributed by atoms with Gasteiger partial charge in [-0.15, -0.1) is 0 Å². The van der Waals surface area contributed by atoms with E-state index in [4.69, 9.17) is 0 Å². The van der Waals surface area contributed by atoms with Crippen LogP contribution in [0.4, 0.5) is 30.6 Å². The zero-order chi connectivity index (χ0) is 32.2. The van der Waals surface area contributed by atoms with Crippen LogP contribution < -0.4 is 32.2 Å². The van der Waals surface area contributed by atoms with Gasteiger partial charge in [0, 0.05) is 77.8 Å². The van der Waals surface area contributed by atoms with Crippen molar-refractivity contribution >= 4 is 60.7 Å². The Balaban J connectivity index is 1.81. The normalized spacial score (nSPS) is 14.5. The minimum absolute atomic E-state index is 0.0889. The van der Waals surface area contributed by atoms with E-state index in [2.05, 4.69) is 21.3 Å². The summed E-state index contributed by atoms with van der Waals surface area (Å²) in [5.74, 6) is 0. The number of hydrogen-bond donors (Lipinski definition) is 8. The minimum Gasteiger partial charge on any atom is -0.423 e. The second-order valence-corrected chi connectivity index (χ2v) is 9.92. The van der Waals surface area contributed by atoms with Crippen LogP contribution >= 0.6 is 0 Å². The van der Waals surface area contributed by atoms with E-state index in [9.17, 15) is 39.3 Å². The fourth-order valence-electron chi connectivity index (χ4n) is 4.50. The van der Waals surface area contributed by atoms with Crippen LogP contribution in [0.5, 0.6) is 0 Å². The Morgan fingerprint density at radius 3 is 1.11 bits per heavy atom. The van der Waals surface area contributed by atoms with Gasteiger partial charge in [0.15, 0.2) is 0 Å². The molecule has 1 aliphatic heterocycles. The first-order valence-corrected chi connectivity index (χ1v) is 14.0. The van der Waals surface area contributed by atoms with Gasteiger partial charge in [-0.2, -0.15) is 0 Å². The lowest BCUT2D eigenvalue weighted by molar-refractivity contribution is 0.150. The molecule has 0 saturated carbocycles. The van der Waals surface area contributed by atoms with Gasteiger partial charge in [-0.3, -0.25) is 0 Å². The molecule has 1 heterocycles. The number of nitrogens with zero attached hydrogens (tertiary/aromatic N) is 4. The summed E-state index contributed by atoms with van der Waals surface area (Å²) in [6, 6.07) is 10.3. The maximum absolute atomic E-state index is 13.3. The number of benzene rings is 2. The standard InChI is InChI=1S/C26H38B2N8O8/c1-29-23(37)33-9-13-35(25(39)31-21-7-3-5-19(17-21)27(41)42)15-11-34(24(38)30-2)12-16-36(14-10-33)26(40)32-22-8-4-6-20(18-22)28(43)44/h3-8,17-18,41-44H,9-16H2,1-2H3,(H,29,37)(H,30,38)(H,31,39)(H,32,40). The predicted octanol–water partition coefficient (Wildman–Crippen LogP) is -2.29. The van der Waals surface area contributed by atoms with Gasteiger partial charge in [-0.1, -0.05) is 24.3 Å². The van der Waals surface area contributed by atoms with Crippen LogP contribution in [0.3, 0.4) is 0 Å². The average molecular weight is 612 g/mol. The molecule has 3 rings (SSSR count). The van der Waals surface area contributed by atoms with Gasteiger partial charge in [0.2, 0.25) is 0 Å². The van der Waals surface area contributed by atoms with E-state index in [0.29, 0.717) is 11.4 Å². The predicted molar refractivity (Wildman–Crippen MR) is 166 cm³/mol. The second kappa shape index (κ2) is 16.4. The highest BCUT2D eigenvalue weighted by Gasteiger charge is 2.25. The zero-order valence-electron chi connectivity index (χ0n) is 24.6. The fourth-order valence-corrected chi connectivity index (χ4v) is 4.50. The smallest absolute Gasteiger partial charge is 0.423 e. The van der Waals surface area contributed by atoms with Crippen molar-refractivity contribution in [2.75, 3.05) is 77.1 Å². The van der Waals surface area contributed by atoms with E-state index >= 15 is 0 Å². The van der Waals surface area contributed by atoms with Crippen molar-refractivity contribution in [3.05, 3.63) is 48.5 Å². The Morgan fingerprint density at radius 1 is 0.545 bits per heavy atom. The number of carbonyl (C=O) groups is 4. The molecule has 18 heteroatoms. The Morgan fingerprint density at radius 2 is 0.841 bits per heavy atom. The summed E-state index contributed by atoms with van der Waals surface area (Å²) in [6.07, 6.45) is 0. The van der Waals surface area contributed by atoms with Gasteiger partial charge < -0.3 is 61.0 Å². The van der Waals surface area contributed by atoms with E-state index in [1.54, 1.807) is 24.3 Å². The lowest BCUT2D eigenvalue weighted by Crippen LogP contribution is -2.53. The van der Waals surface area contributed by atoms with Crippen molar-refractivity contribution < 1.29 is 39.3 Å². The minimum atomic E-state index is -1.71. The number of rotatable bonds is 4. The summed E-state index contributed by atoms with van der Waals surface area (Å²) >= 11 is 0. The maximum atomic E-state index is 13.3. The van der Waals surface area contributed by atoms with E-state index in [0.717, 1.165) is 0 Å². The van der Waals surface area contributed by atoms with E-state index in [1.165, 1.54) is 58.0 Å². The third-order valence-corrected chi connectivity index (χ3v) is 7.01. The summed E-state index contributed by atoms with van der Waals surface area (Å²) in [5, 5.41) is 48.5. The molecule has 0 atom stereocenters. The monoisotopic (exact) mass is 612 g/mol. The van der Waals surface area contributed by atoms with Crippen LogP contribution in [-0.2, 0) is 0 Å². The summed E-state index contributed by atoms with van der Waals surface area (Å²) < 4.78 is 0. The highest BCUT2D eigenvalue weighted by Crippen LogP contribution is 2.10. The van der Waals surface area contributed by atoms with Gasteiger partial charge >= 0.3 is 38.4 Å². The number of carbonyl (C=O) groups excluding carboxylic acids is 4. The summed E-state index contributed by atoms with van der Waals surface area (Å²) in [5.41, 5.74) is 1.05. The third-order valence-electron chi connectivity index (χ3n) is 7.01. The van der Waals surface area contributed by atoms with Crippen molar-refractivity contribution in [2.45, 2.75) is 0 Å². The van der Waals surface area contributed by atoms with E-state index in [1.807, 2.05) is 0 Å². The highest BCUT2D eigenvalue weighted by atomic mass is 16.4. The van der Waals surface area contributed by atoms with Gasteiger partial charge in [0.1, 0.15) is 0 Å². The Hall–Kier alpha value is -4.51. The van der Waals surface area contributed by atoms with E-state index in [-0.39, 0.29) is 63.3 Å². The molecule has 8 amide bonds. The SMILES string of the molecule is CNC(=O)N1CCN(C(=O)Nc2cccc(B(O)O)c2)CCN(C(=O)NC)CCN(C(=O)Nc2cccc(B(O)O)c2)CC1. The topological polar surface area (TPSA) is 210 Å². The molecular weight excluding hydrogens is 574 g/mol.